The zero-order valence-corrected chi connectivity index (χ0v) is 10.2. The number of carbonyl (C=O) groups is 1. The number of thiazole rings is 1. The van der Waals surface area contributed by atoms with E-state index < -0.39 is 6.04 Å². The van der Waals surface area contributed by atoms with Crippen molar-refractivity contribution in [2.24, 2.45) is 5.11 Å². The molecule has 0 radical (unpaired) electrons. The number of hydrogen-bond acceptors (Lipinski definition) is 6. The minimum Gasteiger partial charge on any atom is -0.465 e. The molecular weight excluding hydrogens is 242 g/mol. The third-order valence-corrected chi connectivity index (χ3v) is 2.72. The third kappa shape index (κ3) is 4.39. The second kappa shape index (κ2) is 7.61. The average molecular weight is 255 g/mol. The lowest BCUT2D eigenvalue weighted by molar-refractivity contribution is -0.145. The first kappa shape index (κ1) is 13.4. The fourth-order valence-electron chi connectivity index (χ4n) is 1.20. The summed E-state index contributed by atoms with van der Waals surface area (Å²) in [5, 5.41) is 6.36. The highest BCUT2D eigenvalue weighted by atomic mass is 32.1. The zero-order chi connectivity index (χ0) is 12.5. The lowest BCUT2D eigenvalue weighted by Gasteiger charge is -2.14. The van der Waals surface area contributed by atoms with Gasteiger partial charge in [-0.2, -0.15) is 0 Å². The number of carbonyl (C=O) groups excluding carboxylic acids is 1. The highest BCUT2D eigenvalue weighted by Crippen LogP contribution is 2.18. The van der Waals surface area contributed by atoms with Gasteiger partial charge in [-0.15, -0.1) is 11.3 Å². The number of nitrogens with one attached hydrogen (secondary N) is 1. The quantitative estimate of drug-likeness (QED) is 0.263. The van der Waals surface area contributed by atoms with E-state index in [0.29, 0.717) is 13.2 Å². The topological polar surface area (TPSA) is 100.0 Å². The van der Waals surface area contributed by atoms with Crippen molar-refractivity contribution in [2.45, 2.75) is 13.0 Å². The molecule has 0 bridgehead atoms. The number of nitrogens with zero attached hydrogens (tertiary/aromatic N) is 4. The molecule has 1 N–H and O–H groups in total. The van der Waals surface area contributed by atoms with Crippen LogP contribution in [0.1, 0.15) is 17.8 Å². The van der Waals surface area contributed by atoms with Crippen LogP contribution in [-0.4, -0.2) is 30.6 Å². The first-order valence-corrected chi connectivity index (χ1v) is 5.96. The summed E-state index contributed by atoms with van der Waals surface area (Å²) < 4.78 is 4.96. The summed E-state index contributed by atoms with van der Waals surface area (Å²) in [6.45, 7) is 2.77. The van der Waals surface area contributed by atoms with E-state index in [0.717, 1.165) is 4.88 Å². The highest BCUT2D eigenvalue weighted by Gasteiger charge is 2.22. The number of rotatable bonds is 7. The van der Waals surface area contributed by atoms with Crippen LogP contribution in [0.5, 0.6) is 0 Å². The molecule has 1 rings (SSSR count). The third-order valence-electron chi connectivity index (χ3n) is 1.88. The van der Waals surface area contributed by atoms with Gasteiger partial charge in [0.25, 0.3) is 0 Å². The number of aromatic nitrogens is 1. The number of hydrogen-bond donors (Lipinski definition) is 1. The first-order chi connectivity index (χ1) is 8.29. The molecule has 1 heterocycles. The predicted molar refractivity (Wildman–Crippen MR) is 63.5 cm³/mol. The van der Waals surface area contributed by atoms with Crippen LogP contribution in [0.2, 0.25) is 0 Å². The van der Waals surface area contributed by atoms with Crippen LogP contribution in [-0.2, 0) is 9.53 Å². The first-order valence-electron chi connectivity index (χ1n) is 5.08. The Hall–Kier alpha value is -1.63. The van der Waals surface area contributed by atoms with Gasteiger partial charge in [-0.3, -0.25) is 10.3 Å². The fraction of sp³-hybridized carbons (Fsp3) is 0.556. The van der Waals surface area contributed by atoms with Gasteiger partial charge >= 0.3 is 5.97 Å². The molecule has 1 unspecified atom stereocenters. The molecule has 17 heavy (non-hydrogen) atoms. The number of azide groups is 1. The van der Waals surface area contributed by atoms with Crippen molar-refractivity contribution in [3.05, 3.63) is 27.0 Å². The Labute approximate surface area is 102 Å². The van der Waals surface area contributed by atoms with Crippen molar-refractivity contribution in [3.8, 4) is 0 Å². The normalized spacial score (nSPS) is 11.6. The van der Waals surface area contributed by atoms with Crippen molar-refractivity contribution < 1.29 is 9.53 Å². The summed E-state index contributed by atoms with van der Waals surface area (Å²) >= 11 is 1.37. The summed E-state index contributed by atoms with van der Waals surface area (Å²) in [6, 6.07) is -0.545. The van der Waals surface area contributed by atoms with Crippen LogP contribution < -0.4 is 5.32 Å². The molecule has 0 aromatic carbocycles. The largest absolute Gasteiger partial charge is 0.465 e. The Balaban J connectivity index is 2.59. The Morgan fingerprint density at radius 3 is 3.24 bits per heavy atom. The van der Waals surface area contributed by atoms with E-state index in [1.54, 1.807) is 18.6 Å². The van der Waals surface area contributed by atoms with Gasteiger partial charge in [-0.25, -0.2) is 4.79 Å². The zero-order valence-electron chi connectivity index (χ0n) is 9.37. The maximum atomic E-state index is 11.7. The molecule has 0 spiro atoms. The smallest absolute Gasteiger partial charge is 0.328 e. The van der Waals surface area contributed by atoms with E-state index >= 15 is 0 Å². The van der Waals surface area contributed by atoms with Gasteiger partial charge in [0.2, 0.25) is 0 Å². The van der Waals surface area contributed by atoms with E-state index in [1.807, 2.05) is 0 Å². The van der Waals surface area contributed by atoms with E-state index in [9.17, 15) is 4.79 Å². The van der Waals surface area contributed by atoms with Gasteiger partial charge in [0, 0.05) is 24.2 Å². The standard InChI is InChI=1S/C9H13N5O2S/c1-2-16-9(15)8(7-5-11-6-17-7)12-3-4-13-14-10/h5-6,8,12H,2-4H2,1H3. The molecule has 1 atom stereocenters. The summed E-state index contributed by atoms with van der Waals surface area (Å²) in [6.07, 6.45) is 1.62. The monoisotopic (exact) mass is 255 g/mol. The van der Waals surface area contributed by atoms with Gasteiger partial charge in [0.1, 0.15) is 6.04 Å². The molecule has 0 aliphatic carbocycles. The summed E-state index contributed by atoms with van der Waals surface area (Å²) in [4.78, 5) is 19.0. The Bertz CT molecular complexity index is 388. The minimum atomic E-state index is -0.545. The maximum absolute atomic E-state index is 11.7. The molecule has 7 nitrogen and oxygen atoms in total. The Morgan fingerprint density at radius 1 is 1.82 bits per heavy atom. The van der Waals surface area contributed by atoms with E-state index in [2.05, 4.69) is 20.3 Å². The van der Waals surface area contributed by atoms with Crippen molar-refractivity contribution >= 4 is 17.3 Å². The van der Waals surface area contributed by atoms with Crippen molar-refractivity contribution in [2.75, 3.05) is 19.7 Å². The van der Waals surface area contributed by atoms with E-state index in [4.69, 9.17) is 10.3 Å². The van der Waals surface area contributed by atoms with Crippen molar-refractivity contribution in [1.29, 1.82) is 0 Å². The van der Waals surface area contributed by atoms with Crippen LogP contribution in [0, 0.1) is 0 Å². The Morgan fingerprint density at radius 2 is 2.65 bits per heavy atom. The molecule has 0 aliphatic rings. The minimum absolute atomic E-state index is 0.283. The fourth-order valence-corrected chi connectivity index (χ4v) is 1.88. The van der Waals surface area contributed by atoms with Gasteiger partial charge in [0.15, 0.2) is 0 Å². The lowest BCUT2D eigenvalue weighted by Crippen LogP contribution is -2.31. The van der Waals surface area contributed by atoms with Crippen molar-refractivity contribution in [1.82, 2.24) is 10.3 Å². The average Bonchev–Trinajstić information content (AvgIpc) is 2.83. The number of esters is 1. The summed E-state index contributed by atoms with van der Waals surface area (Å²) in [7, 11) is 0. The highest BCUT2D eigenvalue weighted by molar-refractivity contribution is 7.09. The Kier molecular flexibility index (Phi) is 6.02. The molecule has 0 amide bonds. The van der Waals surface area contributed by atoms with Crippen LogP contribution in [0.4, 0.5) is 0 Å². The molecular formula is C9H13N5O2S. The second-order valence-electron chi connectivity index (χ2n) is 3.00. The van der Waals surface area contributed by atoms with Gasteiger partial charge in [0.05, 0.1) is 17.0 Å². The van der Waals surface area contributed by atoms with Crippen LogP contribution in [0.15, 0.2) is 16.8 Å². The molecule has 0 aliphatic heterocycles. The summed E-state index contributed by atoms with van der Waals surface area (Å²) in [5.74, 6) is -0.349. The molecule has 0 saturated carbocycles. The predicted octanol–water partition coefficient (Wildman–Crippen LogP) is 1.65. The molecule has 0 saturated heterocycles. The van der Waals surface area contributed by atoms with E-state index in [-0.39, 0.29) is 12.5 Å². The van der Waals surface area contributed by atoms with Gasteiger partial charge < -0.3 is 4.74 Å². The molecule has 1 aromatic heterocycles. The molecule has 1 aromatic rings. The van der Waals surface area contributed by atoms with Crippen LogP contribution in [0.3, 0.4) is 0 Å². The van der Waals surface area contributed by atoms with Crippen molar-refractivity contribution in [3.63, 3.8) is 0 Å². The molecule has 92 valence electrons. The van der Waals surface area contributed by atoms with E-state index in [1.165, 1.54) is 11.3 Å². The SMILES string of the molecule is CCOC(=O)C(NCCN=[N+]=[N-])c1cncs1. The maximum Gasteiger partial charge on any atom is 0.328 e. The van der Waals surface area contributed by atoms with Crippen LogP contribution in [0.25, 0.3) is 10.4 Å². The molecule has 8 heteroatoms. The number of ether oxygens (including phenoxy) is 1. The van der Waals surface area contributed by atoms with Gasteiger partial charge in [-0.1, -0.05) is 5.11 Å². The lowest BCUT2D eigenvalue weighted by atomic mass is 10.2. The molecule has 0 fully saturated rings. The summed E-state index contributed by atoms with van der Waals surface area (Å²) in [5.41, 5.74) is 9.79. The van der Waals surface area contributed by atoms with Crippen LogP contribution >= 0.6 is 11.3 Å². The van der Waals surface area contributed by atoms with Gasteiger partial charge in [-0.05, 0) is 12.5 Å². The second-order valence-corrected chi connectivity index (χ2v) is 3.92.